The Bertz CT molecular complexity index is 175. The molecule has 0 rings (SSSR count). The Labute approximate surface area is 85.9 Å². The van der Waals surface area contributed by atoms with Crippen LogP contribution in [0.1, 0.15) is 33.6 Å². The zero-order valence-corrected chi connectivity index (χ0v) is 9.34. The quantitative estimate of drug-likeness (QED) is 0.578. The smallest absolute Gasteiger partial charge is 0.245 e. The average molecular weight is 202 g/mol. The number of rotatable bonds is 6. The third-order valence-corrected chi connectivity index (χ3v) is 2.12. The van der Waals surface area contributed by atoms with Crippen LogP contribution < -0.4 is 11.1 Å². The number of hydrogen-bond donors (Lipinski definition) is 3. The standard InChI is InChI=1S/C10H22N2O2/c1-4-8(5-10(2,3)11)6-12-9(14)7-13/h8,13H,4-7,11H2,1-3H3,(H,12,14). The second-order valence-corrected chi connectivity index (χ2v) is 4.43. The van der Waals surface area contributed by atoms with Gasteiger partial charge in [-0.1, -0.05) is 13.3 Å². The highest BCUT2D eigenvalue weighted by atomic mass is 16.3. The average Bonchev–Trinajstić information content (AvgIpc) is 2.09. The molecule has 0 aromatic carbocycles. The Morgan fingerprint density at radius 2 is 2.14 bits per heavy atom. The second kappa shape index (κ2) is 5.98. The van der Waals surface area contributed by atoms with Crippen molar-refractivity contribution in [2.45, 2.75) is 39.2 Å². The first kappa shape index (κ1) is 13.4. The molecular formula is C10H22N2O2. The van der Waals surface area contributed by atoms with Crippen molar-refractivity contribution in [2.24, 2.45) is 11.7 Å². The molecule has 0 radical (unpaired) electrons. The normalized spacial score (nSPS) is 13.8. The fourth-order valence-electron chi connectivity index (χ4n) is 1.42. The maximum atomic E-state index is 10.8. The number of amides is 1. The number of nitrogens with one attached hydrogen (secondary N) is 1. The fraction of sp³-hybridized carbons (Fsp3) is 0.900. The molecule has 0 bridgehead atoms. The molecular weight excluding hydrogens is 180 g/mol. The molecule has 0 saturated heterocycles. The van der Waals surface area contributed by atoms with Gasteiger partial charge in [-0.15, -0.1) is 0 Å². The van der Waals surface area contributed by atoms with E-state index in [1.54, 1.807) is 0 Å². The Hall–Kier alpha value is -0.610. The summed E-state index contributed by atoms with van der Waals surface area (Å²) in [5.41, 5.74) is 5.68. The fourth-order valence-corrected chi connectivity index (χ4v) is 1.42. The van der Waals surface area contributed by atoms with Gasteiger partial charge in [-0.2, -0.15) is 0 Å². The first-order chi connectivity index (χ1) is 6.39. The van der Waals surface area contributed by atoms with Gasteiger partial charge in [-0.05, 0) is 26.2 Å². The number of aliphatic hydroxyl groups excluding tert-OH is 1. The Balaban J connectivity index is 3.86. The van der Waals surface area contributed by atoms with Gasteiger partial charge < -0.3 is 16.2 Å². The topological polar surface area (TPSA) is 75.3 Å². The number of carbonyl (C=O) groups excluding carboxylic acids is 1. The zero-order chi connectivity index (χ0) is 11.2. The molecule has 0 aromatic rings. The van der Waals surface area contributed by atoms with Gasteiger partial charge in [0, 0.05) is 12.1 Å². The Morgan fingerprint density at radius 1 is 1.57 bits per heavy atom. The molecule has 4 heteroatoms. The second-order valence-electron chi connectivity index (χ2n) is 4.43. The van der Waals surface area contributed by atoms with Crippen molar-refractivity contribution in [3.63, 3.8) is 0 Å². The van der Waals surface area contributed by atoms with Crippen LogP contribution in [0.5, 0.6) is 0 Å². The van der Waals surface area contributed by atoms with Crippen molar-refractivity contribution in [2.75, 3.05) is 13.2 Å². The van der Waals surface area contributed by atoms with E-state index in [0.29, 0.717) is 12.5 Å². The highest BCUT2D eigenvalue weighted by Gasteiger charge is 2.17. The van der Waals surface area contributed by atoms with Gasteiger partial charge in [-0.3, -0.25) is 4.79 Å². The van der Waals surface area contributed by atoms with E-state index in [9.17, 15) is 4.79 Å². The molecule has 1 unspecified atom stereocenters. The number of hydrogen-bond acceptors (Lipinski definition) is 3. The van der Waals surface area contributed by atoms with E-state index in [-0.39, 0.29) is 11.4 Å². The van der Waals surface area contributed by atoms with Gasteiger partial charge in [0.2, 0.25) is 5.91 Å². The summed E-state index contributed by atoms with van der Waals surface area (Å²) in [4.78, 5) is 10.8. The van der Waals surface area contributed by atoms with E-state index in [1.807, 2.05) is 13.8 Å². The summed E-state index contributed by atoms with van der Waals surface area (Å²) in [7, 11) is 0. The van der Waals surface area contributed by atoms with Crippen LogP contribution in [-0.4, -0.2) is 29.7 Å². The lowest BCUT2D eigenvalue weighted by Crippen LogP contribution is -2.38. The maximum Gasteiger partial charge on any atom is 0.245 e. The largest absolute Gasteiger partial charge is 0.387 e. The minimum absolute atomic E-state index is 0.204. The zero-order valence-electron chi connectivity index (χ0n) is 9.34. The summed E-state index contributed by atoms with van der Waals surface area (Å²) in [5.74, 6) is 0.0591. The van der Waals surface area contributed by atoms with Crippen LogP contribution in [0.3, 0.4) is 0 Å². The Morgan fingerprint density at radius 3 is 2.50 bits per heavy atom. The first-order valence-electron chi connectivity index (χ1n) is 5.05. The molecule has 0 fully saturated rings. The van der Waals surface area contributed by atoms with E-state index in [2.05, 4.69) is 12.2 Å². The molecule has 0 aromatic heterocycles. The van der Waals surface area contributed by atoms with Gasteiger partial charge >= 0.3 is 0 Å². The van der Waals surface area contributed by atoms with Gasteiger partial charge in [0.05, 0.1) is 0 Å². The van der Waals surface area contributed by atoms with Crippen LogP contribution in [0.2, 0.25) is 0 Å². The van der Waals surface area contributed by atoms with E-state index < -0.39 is 6.61 Å². The van der Waals surface area contributed by atoms with Crippen LogP contribution >= 0.6 is 0 Å². The molecule has 84 valence electrons. The maximum absolute atomic E-state index is 10.8. The van der Waals surface area contributed by atoms with E-state index in [1.165, 1.54) is 0 Å². The van der Waals surface area contributed by atoms with Crippen LogP contribution in [0, 0.1) is 5.92 Å². The summed E-state index contributed by atoms with van der Waals surface area (Å²) in [6, 6.07) is 0. The van der Waals surface area contributed by atoms with Crippen LogP contribution in [0.4, 0.5) is 0 Å². The predicted molar refractivity (Wildman–Crippen MR) is 56.8 cm³/mol. The lowest BCUT2D eigenvalue weighted by molar-refractivity contribution is -0.124. The number of nitrogens with two attached hydrogens (primary N) is 1. The predicted octanol–water partition coefficient (Wildman–Crippen LogP) is 0.249. The molecule has 1 amide bonds. The van der Waals surface area contributed by atoms with Crippen molar-refractivity contribution in [3.8, 4) is 0 Å². The highest BCUT2D eigenvalue weighted by molar-refractivity contribution is 5.76. The van der Waals surface area contributed by atoms with Crippen molar-refractivity contribution >= 4 is 5.91 Å². The van der Waals surface area contributed by atoms with E-state index in [0.717, 1.165) is 12.8 Å². The third-order valence-electron chi connectivity index (χ3n) is 2.12. The minimum atomic E-state index is -0.442. The monoisotopic (exact) mass is 202 g/mol. The molecule has 14 heavy (non-hydrogen) atoms. The van der Waals surface area contributed by atoms with Gasteiger partial charge in [-0.25, -0.2) is 0 Å². The van der Waals surface area contributed by atoms with E-state index >= 15 is 0 Å². The SMILES string of the molecule is CCC(CNC(=O)CO)CC(C)(C)N. The lowest BCUT2D eigenvalue weighted by atomic mass is 9.90. The molecule has 0 aliphatic heterocycles. The van der Waals surface area contributed by atoms with Gasteiger partial charge in [0.15, 0.2) is 0 Å². The Kier molecular flexibility index (Phi) is 5.72. The van der Waals surface area contributed by atoms with Crippen molar-refractivity contribution in [1.82, 2.24) is 5.32 Å². The van der Waals surface area contributed by atoms with Crippen LogP contribution in [-0.2, 0) is 4.79 Å². The summed E-state index contributed by atoms with van der Waals surface area (Å²) in [6.07, 6.45) is 1.85. The molecule has 0 aliphatic carbocycles. The molecule has 0 spiro atoms. The molecule has 0 aliphatic rings. The first-order valence-corrected chi connectivity index (χ1v) is 5.05. The number of aliphatic hydroxyl groups is 1. The number of carbonyl (C=O) groups is 1. The summed E-state index contributed by atoms with van der Waals surface area (Å²) in [6.45, 7) is 6.17. The van der Waals surface area contributed by atoms with Crippen molar-refractivity contribution in [1.29, 1.82) is 0 Å². The molecule has 4 N–H and O–H groups in total. The molecule has 0 saturated carbocycles. The van der Waals surface area contributed by atoms with Crippen LogP contribution in [0.15, 0.2) is 0 Å². The summed E-state index contributed by atoms with van der Waals surface area (Å²) < 4.78 is 0. The molecule has 0 heterocycles. The van der Waals surface area contributed by atoms with Crippen molar-refractivity contribution in [3.05, 3.63) is 0 Å². The van der Waals surface area contributed by atoms with Gasteiger partial charge in [0.25, 0.3) is 0 Å². The molecule has 1 atom stereocenters. The van der Waals surface area contributed by atoms with Gasteiger partial charge in [0.1, 0.15) is 6.61 Å². The van der Waals surface area contributed by atoms with E-state index in [4.69, 9.17) is 10.8 Å². The summed E-state index contributed by atoms with van der Waals surface area (Å²) >= 11 is 0. The summed E-state index contributed by atoms with van der Waals surface area (Å²) in [5, 5.41) is 11.2. The third kappa shape index (κ3) is 6.86. The minimum Gasteiger partial charge on any atom is -0.387 e. The van der Waals surface area contributed by atoms with Crippen LogP contribution in [0.25, 0.3) is 0 Å². The lowest BCUT2D eigenvalue weighted by Gasteiger charge is -2.25. The highest BCUT2D eigenvalue weighted by Crippen LogP contribution is 2.15. The molecule has 4 nitrogen and oxygen atoms in total. The van der Waals surface area contributed by atoms with Crippen molar-refractivity contribution < 1.29 is 9.90 Å².